The second-order valence-electron chi connectivity index (χ2n) is 9.72. The SMILES string of the molecule is CCCCCCCCCC(C)(C)SN(C1CCCCC1)S(=O)(=O)c1nc2ccccc2s1. The van der Waals surface area contributed by atoms with Crippen molar-refractivity contribution in [3.63, 3.8) is 0 Å². The van der Waals surface area contributed by atoms with E-state index in [9.17, 15) is 8.42 Å². The summed E-state index contributed by atoms with van der Waals surface area (Å²) in [4.78, 5) is 4.52. The van der Waals surface area contributed by atoms with Gasteiger partial charge < -0.3 is 0 Å². The Balaban J connectivity index is 1.71. The average Bonchev–Trinajstić information content (AvgIpc) is 3.23. The zero-order valence-corrected chi connectivity index (χ0v) is 22.5. The van der Waals surface area contributed by atoms with Gasteiger partial charge in [-0.2, -0.15) is 0 Å². The zero-order chi connectivity index (χ0) is 23.0. The number of unbranched alkanes of at least 4 members (excludes halogenated alkanes) is 6. The first-order chi connectivity index (χ1) is 15.3. The molecular weight excluding hydrogens is 456 g/mol. The quantitative estimate of drug-likeness (QED) is 0.207. The van der Waals surface area contributed by atoms with E-state index < -0.39 is 10.0 Å². The van der Waals surface area contributed by atoms with Crippen LogP contribution >= 0.6 is 23.3 Å². The van der Waals surface area contributed by atoms with Crippen LogP contribution in [0.2, 0.25) is 0 Å². The Morgan fingerprint density at radius 2 is 1.69 bits per heavy atom. The van der Waals surface area contributed by atoms with E-state index in [1.165, 1.54) is 56.3 Å². The molecule has 1 aliphatic rings. The van der Waals surface area contributed by atoms with Gasteiger partial charge in [0, 0.05) is 10.8 Å². The van der Waals surface area contributed by atoms with E-state index in [0.717, 1.165) is 48.7 Å². The van der Waals surface area contributed by atoms with E-state index in [1.54, 1.807) is 15.7 Å². The van der Waals surface area contributed by atoms with Gasteiger partial charge in [0.2, 0.25) is 4.34 Å². The molecule has 1 saturated carbocycles. The number of thiazole rings is 1. The minimum absolute atomic E-state index is 0.0686. The summed E-state index contributed by atoms with van der Waals surface area (Å²) < 4.78 is 30.4. The molecule has 0 unspecified atom stereocenters. The van der Waals surface area contributed by atoms with E-state index in [-0.39, 0.29) is 15.1 Å². The van der Waals surface area contributed by atoms with Crippen LogP contribution < -0.4 is 0 Å². The highest BCUT2D eigenvalue weighted by atomic mass is 32.3. The predicted molar refractivity (Wildman–Crippen MR) is 140 cm³/mol. The molecule has 0 amide bonds. The van der Waals surface area contributed by atoms with Crippen LogP contribution in [0.3, 0.4) is 0 Å². The molecule has 4 nitrogen and oxygen atoms in total. The Morgan fingerprint density at radius 1 is 1.03 bits per heavy atom. The molecule has 1 heterocycles. The van der Waals surface area contributed by atoms with Crippen molar-refractivity contribution in [3.05, 3.63) is 24.3 Å². The van der Waals surface area contributed by atoms with E-state index in [1.807, 2.05) is 24.3 Å². The van der Waals surface area contributed by atoms with Crippen molar-refractivity contribution in [2.75, 3.05) is 0 Å². The molecule has 3 rings (SSSR count). The summed E-state index contributed by atoms with van der Waals surface area (Å²) in [5.41, 5.74) is 0.770. The summed E-state index contributed by atoms with van der Waals surface area (Å²) in [7, 11) is -3.64. The van der Waals surface area contributed by atoms with Gasteiger partial charge in [-0.3, -0.25) is 0 Å². The van der Waals surface area contributed by atoms with Gasteiger partial charge in [0.1, 0.15) is 0 Å². The fourth-order valence-corrected chi connectivity index (χ4v) is 9.48. The van der Waals surface area contributed by atoms with Crippen LogP contribution in [0.4, 0.5) is 0 Å². The highest BCUT2D eigenvalue weighted by molar-refractivity contribution is 8.09. The van der Waals surface area contributed by atoms with Crippen molar-refractivity contribution in [1.29, 1.82) is 0 Å². The summed E-state index contributed by atoms with van der Waals surface area (Å²) in [6.07, 6.45) is 15.3. The van der Waals surface area contributed by atoms with Crippen LogP contribution in [0.1, 0.15) is 104 Å². The third-order valence-electron chi connectivity index (χ3n) is 6.32. The maximum Gasteiger partial charge on any atom is 0.279 e. The maximum atomic E-state index is 13.8. The van der Waals surface area contributed by atoms with Gasteiger partial charge in [-0.25, -0.2) is 13.4 Å². The maximum absolute atomic E-state index is 13.8. The Kier molecular flexibility index (Phi) is 9.89. The largest absolute Gasteiger partial charge is 0.279 e. The molecule has 0 aliphatic heterocycles. The molecular formula is C25H40N2O2S3. The molecule has 1 aliphatic carbocycles. The molecule has 0 atom stereocenters. The van der Waals surface area contributed by atoms with E-state index in [0.29, 0.717) is 0 Å². The van der Waals surface area contributed by atoms with Crippen LogP contribution in [0.25, 0.3) is 10.2 Å². The number of hydrogen-bond donors (Lipinski definition) is 0. The molecule has 7 heteroatoms. The van der Waals surface area contributed by atoms with Crippen LogP contribution in [0.15, 0.2) is 28.6 Å². The number of sulfonamides is 1. The lowest BCUT2D eigenvalue weighted by molar-refractivity contribution is 0.342. The second kappa shape index (κ2) is 12.2. The zero-order valence-electron chi connectivity index (χ0n) is 20.0. The smallest absolute Gasteiger partial charge is 0.224 e. The summed E-state index contributed by atoms with van der Waals surface area (Å²) >= 11 is 2.85. The molecule has 180 valence electrons. The van der Waals surface area contributed by atoms with Gasteiger partial charge in [0.15, 0.2) is 0 Å². The van der Waals surface area contributed by atoms with E-state index in [2.05, 4.69) is 25.8 Å². The minimum atomic E-state index is -3.64. The standard InChI is InChI=1S/C25H40N2O2S3/c1-4-5-6-7-8-9-15-20-25(2,3)31-27(21-16-11-10-12-17-21)32(28,29)24-26-22-18-13-14-19-23(22)30-24/h13-14,18-19,21H,4-12,15-17,20H2,1-3H3. The normalized spacial score (nSPS) is 16.2. The van der Waals surface area contributed by atoms with E-state index in [4.69, 9.17) is 0 Å². The van der Waals surface area contributed by atoms with Gasteiger partial charge >= 0.3 is 0 Å². The molecule has 0 saturated heterocycles. The Bertz CT molecular complexity index is 901. The van der Waals surface area contributed by atoms with Crippen LogP contribution in [-0.2, 0) is 10.0 Å². The number of benzene rings is 1. The summed E-state index contributed by atoms with van der Waals surface area (Å²) in [6, 6.07) is 7.77. The van der Waals surface area contributed by atoms with Crippen molar-refractivity contribution in [3.8, 4) is 0 Å². The van der Waals surface area contributed by atoms with Crippen molar-refractivity contribution in [1.82, 2.24) is 8.69 Å². The highest BCUT2D eigenvalue weighted by Gasteiger charge is 2.39. The molecule has 1 aromatic carbocycles. The van der Waals surface area contributed by atoms with Crippen LogP contribution in [0, 0.1) is 0 Å². The highest BCUT2D eigenvalue weighted by Crippen LogP contribution is 2.42. The van der Waals surface area contributed by atoms with Gasteiger partial charge in [0.05, 0.1) is 10.2 Å². The Labute approximate surface area is 203 Å². The predicted octanol–water partition coefficient (Wildman–Crippen LogP) is 8.19. The lowest BCUT2D eigenvalue weighted by Crippen LogP contribution is -2.39. The number of fused-ring (bicyclic) bond motifs is 1. The van der Waals surface area contributed by atoms with Gasteiger partial charge in [-0.1, -0.05) is 95.2 Å². The Hall–Kier alpha value is -0.630. The second-order valence-corrected chi connectivity index (χ2v) is 14.7. The van der Waals surface area contributed by atoms with Gasteiger partial charge in [0.25, 0.3) is 10.0 Å². The van der Waals surface area contributed by atoms with Crippen molar-refractivity contribution < 1.29 is 8.42 Å². The topological polar surface area (TPSA) is 50.3 Å². The average molecular weight is 497 g/mol. The Morgan fingerprint density at radius 3 is 2.38 bits per heavy atom. The number of aromatic nitrogens is 1. The molecule has 0 bridgehead atoms. The molecule has 1 aromatic heterocycles. The molecule has 2 aromatic rings. The first kappa shape index (κ1) is 26.0. The summed E-state index contributed by atoms with van der Waals surface area (Å²) in [5.74, 6) is 0. The third-order valence-corrected chi connectivity index (χ3v) is 11.3. The minimum Gasteiger partial charge on any atom is -0.224 e. The lowest BCUT2D eigenvalue weighted by Gasteiger charge is -2.37. The fraction of sp³-hybridized carbons (Fsp3) is 0.720. The fourth-order valence-electron chi connectivity index (χ4n) is 4.45. The lowest BCUT2D eigenvalue weighted by atomic mass is 9.96. The van der Waals surface area contributed by atoms with Gasteiger partial charge in [-0.05, 0) is 45.2 Å². The van der Waals surface area contributed by atoms with Crippen molar-refractivity contribution >= 4 is 43.5 Å². The first-order valence-electron chi connectivity index (χ1n) is 12.4. The molecule has 0 radical (unpaired) electrons. The van der Waals surface area contributed by atoms with E-state index >= 15 is 0 Å². The summed E-state index contributed by atoms with van der Waals surface area (Å²) in [6.45, 7) is 6.66. The number of para-hydroxylation sites is 1. The molecule has 0 N–H and O–H groups in total. The molecule has 32 heavy (non-hydrogen) atoms. The number of hydrogen-bond acceptors (Lipinski definition) is 5. The first-order valence-corrected chi connectivity index (χ1v) is 15.5. The van der Waals surface area contributed by atoms with Crippen LogP contribution in [0.5, 0.6) is 0 Å². The van der Waals surface area contributed by atoms with Crippen molar-refractivity contribution in [2.45, 2.75) is 119 Å². The monoisotopic (exact) mass is 496 g/mol. The third kappa shape index (κ3) is 7.18. The van der Waals surface area contributed by atoms with Crippen molar-refractivity contribution in [2.24, 2.45) is 0 Å². The number of nitrogens with zero attached hydrogens (tertiary/aromatic N) is 2. The number of rotatable bonds is 13. The molecule has 1 fully saturated rings. The molecule has 0 spiro atoms. The summed E-state index contributed by atoms with van der Waals surface area (Å²) in [5, 5.41) is 0. The van der Waals surface area contributed by atoms with Gasteiger partial charge in [-0.15, -0.1) is 15.0 Å². The van der Waals surface area contributed by atoms with Crippen LogP contribution in [-0.4, -0.2) is 27.9 Å².